The second-order valence-corrected chi connectivity index (χ2v) is 2.95. The van der Waals surface area contributed by atoms with Crippen LogP contribution in [0.4, 0.5) is 0 Å². The summed E-state index contributed by atoms with van der Waals surface area (Å²) >= 11 is 0. The number of nitrogens with zero attached hydrogens (tertiary/aromatic N) is 1. The molecular formula is C10H24N2O. The lowest BCUT2D eigenvalue weighted by molar-refractivity contribution is 0.0519. The quantitative estimate of drug-likeness (QED) is 0.524. The average molecular weight is 188 g/mol. The van der Waals surface area contributed by atoms with Crippen molar-refractivity contribution in [2.75, 3.05) is 33.3 Å². The molecule has 0 atom stereocenters. The Bertz CT molecular complexity index is 92.9. The summed E-state index contributed by atoms with van der Waals surface area (Å²) in [5, 5.41) is 0. The van der Waals surface area contributed by atoms with Crippen LogP contribution in [0.25, 0.3) is 0 Å². The van der Waals surface area contributed by atoms with Crippen molar-refractivity contribution in [2.45, 2.75) is 33.1 Å². The average Bonchev–Trinajstić information content (AvgIpc) is 2.68. The number of hydrogen-bond acceptors (Lipinski definition) is 3. The van der Waals surface area contributed by atoms with Crippen LogP contribution in [0.5, 0.6) is 0 Å². The van der Waals surface area contributed by atoms with Gasteiger partial charge in [-0.25, -0.2) is 5.48 Å². The van der Waals surface area contributed by atoms with E-state index in [1.807, 2.05) is 13.8 Å². The number of nitrogens with one attached hydrogen (secondary N) is 1. The fourth-order valence-corrected chi connectivity index (χ4v) is 1.47. The van der Waals surface area contributed by atoms with Gasteiger partial charge in [-0.3, -0.25) is 0 Å². The highest BCUT2D eigenvalue weighted by Gasteiger charge is 2.09. The zero-order valence-electron chi connectivity index (χ0n) is 9.31. The van der Waals surface area contributed by atoms with Crippen LogP contribution in [0.15, 0.2) is 0 Å². The zero-order valence-corrected chi connectivity index (χ0v) is 9.31. The summed E-state index contributed by atoms with van der Waals surface area (Å²) in [7, 11) is 1.80. The summed E-state index contributed by atoms with van der Waals surface area (Å²) in [6.07, 6.45) is 3.90. The van der Waals surface area contributed by atoms with Gasteiger partial charge in [0.2, 0.25) is 0 Å². The molecule has 1 fully saturated rings. The summed E-state index contributed by atoms with van der Waals surface area (Å²) in [4.78, 5) is 7.52. The van der Waals surface area contributed by atoms with Gasteiger partial charge in [-0.15, -0.1) is 0 Å². The van der Waals surface area contributed by atoms with Crippen molar-refractivity contribution in [3.63, 3.8) is 0 Å². The van der Waals surface area contributed by atoms with E-state index in [2.05, 4.69) is 10.4 Å². The van der Waals surface area contributed by atoms with Crippen LogP contribution in [0.3, 0.4) is 0 Å². The molecule has 0 aromatic rings. The van der Waals surface area contributed by atoms with Crippen LogP contribution >= 0.6 is 0 Å². The van der Waals surface area contributed by atoms with E-state index < -0.39 is 0 Å². The summed E-state index contributed by atoms with van der Waals surface area (Å²) in [6.45, 7) is 8.60. The van der Waals surface area contributed by atoms with E-state index in [0.29, 0.717) is 0 Å². The molecule has 3 nitrogen and oxygen atoms in total. The van der Waals surface area contributed by atoms with Gasteiger partial charge in [0, 0.05) is 13.6 Å². The van der Waals surface area contributed by atoms with Crippen molar-refractivity contribution < 1.29 is 4.84 Å². The second kappa shape index (κ2) is 9.96. The van der Waals surface area contributed by atoms with Crippen molar-refractivity contribution >= 4 is 0 Å². The maximum Gasteiger partial charge on any atom is 0.0694 e. The van der Waals surface area contributed by atoms with Crippen LogP contribution in [0.2, 0.25) is 0 Å². The Morgan fingerprint density at radius 3 is 2.38 bits per heavy atom. The third-order valence-electron chi connectivity index (χ3n) is 2.06. The smallest absolute Gasteiger partial charge is 0.0694 e. The van der Waals surface area contributed by atoms with Crippen LogP contribution in [-0.2, 0) is 4.84 Å². The normalized spacial score (nSPS) is 16.8. The molecule has 3 heteroatoms. The van der Waals surface area contributed by atoms with Crippen molar-refractivity contribution in [1.29, 1.82) is 0 Å². The van der Waals surface area contributed by atoms with Gasteiger partial charge < -0.3 is 9.74 Å². The SMILES string of the molecule is CC.CNOCCCN1CCCC1. The lowest BCUT2D eigenvalue weighted by Crippen LogP contribution is -2.22. The molecule has 0 aromatic heterocycles. The molecule has 0 spiro atoms. The maximum atomic E-state index is 5.02. The Balaban J connectivity index is 0.000000671. The Kier molecular flexibility index (Phi) is 9.87. The van der Waals surface area contributed by atoms with Gasteiger partial charge in [-0.05, 0) is 32.4 Å². The predicted molar refractivity (Wildman–Crippen MR) is 56.7 cm³/mol. The first-order valence-electron chi connectivity index (χ1n) is 5.44. The molecule has 1 N–H and O–H groups in total. The molecule has 0 unspecified atom stereocenters. The van der Waals surface area contributed by atoms with E-state index in [9.17, 15) is 0 Å². The summed E-state index contributed by atoms with van der Waals surface area (Å²) in [5.74, 6) is 0. The molecule has 0 aromatic carbocycles. The zero-order chi connectivity index (χ0) is 9.94. The minimum atomic E-state index is 0.826. The summed E-state index contributed by atoms with van der Waals surface area (Å²) < 4.78 is 0. The first-order chi connectivity index (χ1) is 6.43. The van der Waals surface area contributed by atoms with Crippen molar-refractivity contribution in [1.82, 2.24) is 10.4 Å². The number of hydrogen-bond donors (Lipinski definition) is 1. The third kappa shape index (κ3) is 6.99. The molecule has 0 radical (unpaired) electrons. The Morgan fingerprint density at radius 2 is 1.85 bits per heavy atom. The monoisotopic (exact) mass is 188 g/mol. The van der Waals surface area contributed by atoms with E-state index in [-0.39, 0.29) is 0 Å². The molecule has 13 heavy (non-hydrogen) atoms. The van der Waals surface area contributed by atoms with Crippen molar-refractivity contribution in [3.05, 3.63) is 0 Å². The van der Waals surface area contributed by atoms with Gasteiger partial charge in [0.15, 0.2) is 0 Å². The minimum absolute atomic E-state index is 0.826. The third-order valence-corrected chi connectivity index (χ3v) is 2.06. The van der Waals surface area contributed by atoms with Gasteiger partial charge in [-0.2, -0.15) is 0 Å². The van der Waals surface area contributed by atoms with Crippen LogP contribution in [0.1, 0.15) is 33.1 Å². The fraction of sp³-hybridized carbons (Fsp3) is 1.00. The van der Waals surface area contributed by atoms with Gasteiger partial charge in [0.05, 0.1) is 6.61 Å². The molecular weight excluding hydrogens is 164 g/mol. The highest BCUT2D eigenvalue weighted by atomic mass is 16.6. The van der Waals surface area contributed by atoms with Crippen LogP contribution < -0.4 is 5.48 Å². The highest BCUT2D eigenvalue weighted by Crippen LogP contribution is 2.06. The van der Waals surface area contributed by atoms with Crippen LogP contribution in [-0.4, -0.2) is 38.2 Å². The van der Waals surface area contributed by atoms with Gasteiger partial charge in [0.1, 0.15) is 0 Å². The van der Waals surface area contributed by atoms with E-state index in [4.69, 9.17) is 4.84 Å². The largest absolute Gasteiger partial charge is 0.303 e. The number of hydroxylamine groups is 1. The van der Waals surface area contributed by atoms with Gasteiger partial charge in [-0.1, -0.05) is 13.8 Å². The van der Waals surface area contributed by atoms with Gasteiger partial charge in [0.25, 0.3) is 0 Å². The maximum absolute atomic E-state index is 5.02. The molecule has 0 aliphatic carbocycles. The van der Waals surface area contributed by atoms with Gasteiger partial charge >= 0.3 is 0 Å². The van der Waals surface area contributed by atoms with Crippen molar-refractivity contribution in [2.24, 2.45) is 0 Å². The van der Waals surface area contributed by atoms with E-state index >= 15 is 0 Å². The van der Waals surface area contributed by atoms with E-state index in [1.54, 1.807) is 7.05 Å². The molecule has 1 saturated heterocycles. The second-order valence-electron chi connectivity index (χ2n) is 2.95. The molecule has 0 saturated carbocycles. The first kappa shape index (κ1) is 12.9. The molecule has 1 rings (SSSR count). The van der Waals surface area contributed by atoms with Crippen molar-refractivity contribution in [3.8, 4) is 0 Å². The minimum Gasteiger partial charge on any atom is -0.303 e. The standard InChI is InChI=1S/C8H18N2O.C2H6/c1-9-11-8-4-7-10-5-2-3-6-10;1-2/h9H,2-8H2,1H3;1-2H3. The molecule has 0 amide bonds. The summed E-state index contributed by atoms with van der Waals surface area (Å²) in [5.41, 5.74) is 2.67. The Labute approximate surface area is 82.4 Å². The molecule has 1 aliphatic heterocycles. The van der Waals surface area contributed by atoms with E-state index in [0.717, 1.165) is 13.0 Å². The van der Waals surface area contributed by atoms with E-state index in [1.165, 1.54) is 32.5 Å². The predicted octanol–water partition coefficient (Wildman–Crippen LogP) is 1.65. The molecule has 1 heterocycles. The van der Waals surface area contributed by atoms with Crippen LogP contribution in [0, 0.1) is 0 Å². The first-order valence-corrected chi connectivity index (χ1v) is 5.44. The Morgan fingerprint density at radius 1 is 1.23 bits per heavy atom. The molecule has 0 bridgehead atoms. The lowest BCUT2D eigenvalue weighted by atomic mass is 10.4. The topological polar surface area (TPSA) is 24.5 Å². The lowest BCUT2D eigenvalue weighted by Gasteiger charge is -2.13. The number of likely N-dealkylation sites (tertiary alicyclic amines) is 1. The molecule has 80 valence electrons. The Hall–Kier alpha value is -0.120. The molecule has 1 aliphatic rings. The highest BCUT2D eigenvalue weighted by molar-refractivity contribution is 4.65. The fourth-order valence-electron chi connectivity index (χ4n) is 1.47. The summed E-state index contributed by atoms with van der Waals surface area (Å²) in [6, 6.07) is 0. The number of rotatable bonds is 5.